The van der Waals surface area contributed by atoms with E-state index >= 15 is 0 Å². The number of piperazine rings is 1. The number of rotatable bonds is 4. The molecule has 0 bridgehead atoms. The van der Waals surface area contributed by atoms with Crippen molar-refractivity contribution in [3.63, 3.8) is 0 Å². The summed E-state index contributed by atoms with van der Waals surface area (Å²) in [5, 5.41) is 0. The van der Waals surface area contributed by atoms with E-state index in [1.54, 1.807) is 13.2 Å². The molecule has 1 amide bonds. The Morgan fingerprint density at radius 3 is 2.52 bits per heavy atom. The van der Waals surface area contributed by atoms with E-state index in [1.165, 1.54) is 11.1 Å². The Bertz CT molecular complexity index is 783. The quantitative estimate of drug-likeness (QED) is 0.875. The highest BCUT2D eigenvalue weighted by Gasteiger charge is 2.21. The van der Waals surface area contributed by atoms with Crippen molar-refractivity contribution in [2.75, 3.05) is 49.6 Å². The predicted octanol–water partition coefficient (Wildman–Crippen LogP) is 0.583. The fourth-order valence-electron chi connectivity index (χ4n) is 2.74. The standard InChI is InChI=1S/C17H22N6O2/c1-3-21(2)16(25)13-12-19-17(20-15(13)24)23-10-8-22(9-11-23)14-6-4-5-7-18-14/h4-7,12H,3,8-11H2,1-2H3,(H,19,20,24). The molecule has 0 saturated carbocycles. The first kappa shape index (κ1) is 16.9. The van der Waals surface area contributed by atoms with Gasteiger partial charge in [0.25, 0.3) is 11.5 Å². The summed E-state index contributed by atoms with van der Waals surface area (Å²) in [5.41, 5.74) is -0.331. The number of nitrogens with zero attached hydrogens (tertiary/aromatic N) is 5. The van der Waals surface area contributed by atoms with Crippen LogP contribution in [-0.2, 0) is 0 Å². The van der Waals surface area contributed by atoms with Gasteiger partial charge in [-0.2, -0.15) is 0 Å². The van der Waals surface area contributed by atoms with E-state index in [1.807, 2.05) is 30.0 Å². The Morgan fingerprint density at radius 1 is 1.20 bits per heavy atom. The summed E-state index contributed by atoms with van der Waals surface area (Å²) in [6, 6.07) is 5.85. The number of carbonyl (C=O) groups is 1. The lowest BCUT2D eigenvalue weighted by molar-refractivity contribution is 0.0800. The van der Waals surface area contributed by atoms with E-state index in [0.29, 0.717) is 12.5 Å². The molecule has 1 aliphatic heterocycles. The minimum atomic E-state index is -0.401. The number of carbonyl (C=O) groups excluding carboxylic acids is 1. The van der Waals surface area contributed by atoms with Crippen LogP contribution in [-0.4, -0.2) is 65.5 Å². The van der Waals surface area contributed by atoms with Crippen LogP contribution < -0.4 is 15.4 Å². The van der Waals surface area contributed by atoms with Crippen molar-refractivity contribution < 1.29 is 4.79 Å². The number of aromatic amines is 1. The van der Waals surface area contributed by atoms with E-state index in [0.717, 1.165) is 32.0 Å². The number of hydrogen-bond donors (Lipinski definition) is 1. The van der Waals surface area contributed by atoms with Gasteiger partial charge in [-0.15, -0.1) is 0 Å². The summed E-state index contributed by atoms with van der Waals surface area (Å²) >= 11 is 0. The number of nitrogens with one attached hydrogen (secondary N) is 1. The van der Waals surface area contributed by atoms with Gasteiger partial charge in [0, 0.05) is 52.2 Å². The Hall–Kier alpha value is -2.90. The predicted molar refractivity (Wildman–Crippen MR) is 96.2 cm³/mol. The molecule has 3 heterocycles. The molecule has 2 aromatic rings. The van der Waals surface area contributed by atoms with Crippen molar-refractivity contribution in [2.45, 2.75) is 6.92 Å². The van der Waals surface area contributed by atoms with Gasteiger partial charge in [0.2, 0.25) is 5.95 Å². The zero-order chi connectivity index (χ0) is 17.8. The molecule has 1 N–H and O–H groups in total. The van der Waals surface area contributed by atoms with E-state index in [4.69, 9.17) is 0 Å². The van der Waals surface area contributed by atoms with Gasteiger partial charge in [0.15, 0.2) is 0 Å². The molecule has 25 heavy (non-hydrogen) atoms. The van der Waals surface area contributed by atoms with Gasteiger partial charge >= 0.3 is 0 Å². The van der Waals surface area contributed by atoms with Crippen LogP contribution in [0.1, 0.15) is 17.3 Å². The van der Waals surface area contributed by atoms with Crippen LogP contribution in [0, 0.1) is 0 Å². The Labute approximate surface area is 146 Å². The molecule has 1 aliphatic rings. The van der Waals surface area contributed by atoms with Crippen LogP contribution in [0.2, 0.25) is 0 Å². The lowest BCUT2D eigenvalue weighted by Gasteiger charge is -2.35. The van der Waals surface area contributed by atoms with Crippen LogP contribution in [0.4, 0.5) is 11.8 Å². The maximum absolute atomic E-state index is 12.2. The molecule has 0 aliphatic carbocycles. The Morgan fingerprint density at radius 2 is 1.92 bits per heavy atom. The van der Waals surface area contributed by atoms with E-state index in [9.17, 15) is 9.59 Å². The maximum Gasteiger partial charge on any atom is 0.265 e. The molecule has 132 valence electrons. The van der Waals surface area contributed by atoms with Crippen molar-refractivity contribution in [3.8, 4) is 0 Å². The summed E-state index contributed by atoms with van der Waals surface area (Å²) in [4.78, 5) is 41.4. The number of hydrogen-bond acceptors (Lipinski definition) is 6. The number of anilines is 2. The average Bonchev–Trinajstić information content (AvgIpc) is 2.67. The molecular formula is C17H22N6O2. The summed E-state index contributed by atoms with van der Waals surface area (Å²) in [6.07, 6.45) is 3.15. The molecule has 2 aromatic heterocycles. The van der Waals surface area contributed by atoms with Gasteiger partial charge < -0.3 is 14.7 Å². The molecule has 8 heteroatoms. The number of amides is 1. The minimum Gasteiger partial charge on any atom is -0.353 e. The first-order valence-electron chi connectivity index (χ1n) is 8.36. The summed E-state index contributed by atoms with van der Waals surface area (Å²) < 4.78 is 0. The van der Waals surface area contributed by atoms with E-state index in [2.05, 4.69) is 19.9 Å². The van der Waals surface area contributed by atoms with Gasteiger partial charge in [0.1, 0.15) is 11.4 Å². The van der Waals surface area contributed by atoms with Crippen LogP contribution in [0.5, 0.6) is 0 Å². The van der Waals surface area contributed by atoms with Crippen molar-refractivity contribution in [2.24, 2.45) is 0 Å². The molecule has 3 rings (SSSR count). The zero-order valence-corrected chi connectivity index (χ0v) is 14.5. The van der Waals surface area contributed by atoms with E-state index in [-0.39, 0.29) is 11.5 Å². The van der Waals surface area contributed by atoms with Crippen LogP contribution >= 0.6 is 0 Å². The minimum absolute atomic E-state index is 0.0696. The monoisotopic (exact) mass is 342 g/mol. The summed E-state index contributed by atoms with van der Waals surface area (Å²) in [7, 11) is 1.66. The Kier molecular flexibility index (Phi) is 4.97. The number of aromatic nitrogens is 3. The van der Waals surface area contributed by atoms with Crippen molar-refractivity contribution in [3.05, 3.63) is 46.5 Å². The lowest BCUT2D eigenvalue weighted by atomic mass is 10.3. The zero-order valence-electron chi connectivity index (χ0n) is 14.5. The van der Waals surface area contributed by atoms with E-state index < -0.39 is 5.56 Å². The first-order valence-corrected chi connectivity index (χ1v) is 8.36. The molecule has 0 spiro atoms. The summed E-state index contributed by atoms with van der Waals surface area (Å²) in [5.74, 6) is 1.14. The van der Waals surface area contributed by atoms with Crippen LogP contribution in [0.15, 0.2) is 35.4 Å². The molecule has 0 aromatic carbocycles. The fraction of sp³-hybridized carbons (Fsp3) is 0.412. The maximum atomic E-state index is 12.2. The first-order chi connectivity index (χ1) is 12.1. The van der Waals surface area contributed by atoms with Gasteiger partial charge in [0.05, 0.1) is 0 Å². The second kappa shape index (κ2) is 7.33. The highest BCUT2D eigenvalue weighted by Crippen LogP contribution is 2.15. The highest BCUT2D eigenvalue weighted by atomic mass is 16.2. The topological polar surface area (TPSA) is 85.4 Å². The molecule has 1 fully saturated rings. The molecule has 0 radical (unpaired) electrons. The third-order valence-corrected chi connectivity index (χ3v) is 4.39. The molecule has 0 unspecified atom stereocenters. The van der Waals surface area contributed by atoms with Gasteiger partial charge in [-0.3, -0.25) is 14.6 Å². The third-order valence-electron chi connectivity index (χ3n) is 4.39. The highest BCUT2D eigenvalue weighted by molar-refractivity contribution is 5.93. The number of H-pyrrole nitrogens is 1. The molecule has 1 saturated heterocycles. The van der Waals surface area contributed by atoms with Crippen LogP contribution in [0.25, 0.3) is 0 Å². The average molecular weight is 342 g/mol. The smallest absolute Gasteiger partial charge is 0.265 e. The second-order valence-corrected chi connectivity index (χ2v) is 5.93. The van der Waals surface area contributed by atoms with Crippen molar-refractivity contribution >= 4 is 17.7 Å². The van der Waals surface area contributed by atoms with Gasteiger partial charge in [-0.1, -0.05) is 6.07 Å². The second-order valence-electron chi connectivity index (χ2n) is 5.93. The largest absolute Gasteiger partial charge is 0.353 e. The van der Waals surface area contributed by atoms with Crippen LogP contribution in [0.3, 0.4) is 0 Å². The normalized spacial score (nSPS) is 14.5. The van der Waals surface area contributed by atoms with Gasteiger partial charge in [-0.05, 0) is 19.1 Å². The summed E-state index contributed by atoms with van der Waals surface area (Å²) in [6.45, 7) is 5.42. The third kappa shape index (κ3) is 3.62. The fourth-order valence-corrected chi connectivity index (χ4v) is 2.74. The van der Waals surface area contributed by atoms with Crippen molar-refractivity contribution in [1.29, 1.82) is 0 Å². The number of pyridine rings is 1. The SMILES string of the molecule is CCN(C)C(=O)c1cnc(N2CCN(c3ccccn3)CC2)[nH]c1=O. The molecule has 8 nitrogen and oxygen atoms in total. The van der Waals surface area contributed by atoms with Crippen molar-refractivity contribution in [1.82, 2.24) is 19.9 Å². The Balaban J connectivity index is 1.69. The molecular weight excluding hydrogens is 320 g/mol. The lowest BCUT2D eigenvalue weighted by Crippen LogP contribution is -2.48. The van der Waals surface area contributed by atoms with Gasteiger partial charge in [-0.25, -0.2) is 9.97 Å². The molecule has 0 atom stereocenters.